The maximum absolute atomic E-state index is 11.2. The Labute approximate surface area is 94.4 Å². The van der Waals surface area contributed by atoms with Gasteiger partial charge in [-0.3, -0.25) is 14.4 Å². The van der Waals surface area contributed by atoms with Crippen LogP contribution in [0.1, 0.15) is 26.7 Å². The van der Waals surface area contributed by atoms with Crippen molar-refractivity contribution in [2.24, 2.45) is 5.92 Å². The van der Waals surface area contributed by atoms with Crippen molar-refractivity contribution in [3.05, 3.63) is 0 Å². The van der Waals surface area contributed by atoms with Crippen LogP contribution in [0.5, 0.6) is 0 Å². The van der Waals surface area contributed by atoms with E-state index in [1.165, 1.54) is 6.92 Å². The van der Waals surface area contributed by atoms with E-state index in [2.05, 4.69) is 10.6 Å². The lowest BCUT2D eigenvalue weighted by Crippen LogP contribution is -2.36. The molecule has 0 rings (SSSR count). The third kappa shape index (κ3) is 6.00. The highest BCUT2D eigenvalue weighted by molar-refractivity contribution is 5.96. The summed E-state index contributed by atoms with van der Waals surface area (Å²) in [7, 11) is 0. The summed E-state index contributed by atoms with van der Waals surface area (Å²) in [4.78, 5) is 32.7. The molecule has 0 aliphatic carbocycles. The maximum Gasteiger partial charge on any atom is 0.315 e. The molecule has 0 radical (unpaired) electrons. The third-order valence-corrected chi connectivity index (χ3v) is 1.99. The number of amides is 2. The first-order valence-electron chi connectivity index (χ1n) is 5.26. The van der Waals surface area contributed by atoms with E-state index >= 15 is 0 Å². The fraction of sp³-hybridized carbons (Fsp3) is 0.700. The zero-order chi connectivity index (χ0) is 12.6. The molecule has 0 aliphatic heterocycles. The fourth-order valence-corrected chi connectivity index (χ4v) is 0.917. The van der Waals surface area contributed by atoms with Gasteiger partial charge in [0, 0.05) is 19.5 Å². The highest BCUT2D eigenvalue weighted by atomic mass is 16.4. The first-order valence-corrected chi connectivity index (χ1v) is 5.26. The van der Waals surface area contributed by atoms with E-state index in [0.29, 0.717) is 6.54 Å². The molecule has 1 unspecified atom stereocenters. The molecule has 1 atom stereocenters. The van der Waals surface area contributed by atoms with Gasteiger partial charge in [-0.2, -0.15) is 0 Å². The lowest BCUT2D eigenvalue weighted by Gasteiger charge is -2.08. The van der Waals surface area contributed by atoms with Crippen LogP contribution in [0.15, 0.2) is 0 Å². The molecule has 6 nitrogen and oxygen atoms in total. The molecule has 0 bridgehead atoms. The zero-order valence-electron chi connectivity index (χ0n) is 9.58. The van der Waals surface area contributed by atoms with Gasteiger partial charge in [0.05, 0.1) is 0 Å². The molecular formula is C10H18N2O4. The number of rotatable bonds is 7. The number of hydrogen-bond donors (Lipinski definition) is 3. The first-order chi connectivity index (χ1) is 7.49. The number of carboxylic acid groups (broad SMARTS) is 1. The van der Waals surface area contributed by atoms with Crippen LogP contribution in [0.3, 0.4) is 0 Å². The highest BCUT2D eigenvalue weighted by Crippen LogP contribution is 1.93. The summed E-state index contributed by atoms with van der Waals surface area (Å²) in [6.07, 6.45) is 1.02. The fourth-order valence-electron chi connectivity index (χ4n) is 0.917. The Morgan fingerprint density at radius 2 is 1.81 bits per heavy atom. The SMILES string of the molecule is CCCNC(=O)CCNC(=O)C(C)C(=O)O. The molecule has 3 N–H and O–H groups in total. The van der Waals surface area contributed by atoms with Crippen molar-refractivity contribution in [3.63, 3.8) is 0 Å². The van der Waals surface area contributed by atoms with Crippen LogP contribution in [-0.4, -0.2) is 36.0 Å². The molecular weight excluding hydrogens is 212 g/mol. The molecule has 0 saturated heterocycles. The summed E-state index contributed by atoms with van der Waals surface area (Å²) in [5.41, 5.74) is 0. The van der Waals surface area contributed by atoms with Gasteiger partial charge in [-0.15, -0.1) is 0 Å². The predicted molar refractivity (Wildman–Crippen MR) is 57.7 cm³/mol. The smallest absolute Gasteiger partial charge is 0.315 e. The van der Waals surface area contributed by atoms with E-state index in [4.69, 9.17) is 5.11 Å². The maximum atomic E-state index is 11.2. The molecule has 92 valence electrons. The van der Waals surface area contributed by atoms with Gasteiger partial charge in [0.15, 0.2) is 0 Å². The minimum atomic E-state index is -1.17. The van der Waals surface area contributed by atoms with Crippen LogP contribution in [0.25, 0.3) is 0 Å². The van der Waals surface area contributed by atoms with E-state index in [1.807, 2.05) is 6.92 Å². The van der Waals surface area contributed by atoms with Crippen LogP contribution in [-0.2, 0) is 14.4 Å². The Balaban J connectivity index is 3.69. The molecule has 0 heterocycles. The second-order valence-electron chi connectivity index (χ2n) is 3.45. The lowest BCUT2D eigenvalue weighted by molar-refractivity contribution is -0.146. The van der Waals surface area contributed by atoms with Gasteiger partial charge in [0.25, 0.3) is 0 Å². The minimum absolute atomic E-state index is 0.148. The second-order valence-corrected chi connectivity index (χ2v) is 3.45. The summed E-state index contributed by atoms with van der Waals surface area (Å²) >= 11 is 0. The number of carboxylic acids is 1. The van der Waals surface area contributed by atoms with Crippen LogP contribution >= 0.6 is 0 Å². The van der Waals surface area contributed by atoms with Gasteiger partial charge in [0.1, 0.15) is 5.92 Å². The Morgan fingerprint density at radius 1 is 1.19 bits per heavy atom. The van der Waals surface area contributed by atoms with Crippen molar-refractivity contribution < 1.29 is 19.5 Å². The quantitative estimate of drug-likeness (QED) is 0.525. The van der Waals surface area contributed by atoms with Gasteiger partial charge in [-0.05, 0) is 13.3 Å². The topological polar surface area (TPSA) is 95.5 Å². The molecule has 0 aromatic rings. The number of nitrogens with one attached hydrogen (secondary N) is 2. The molecule has 0 fully saturated rings. The average molecular weight is 230 g/mol. The zero-order valence-corrected chi connectivity index (χ0v) is 9.58. The monoisotopic (exact) mass is 230 g/mol. The van der Waals surface area contributed by atoms with E-state index < -0.39 is 17.8 Å². The van der Waals surface area contributed by atoms with Crippen LogP contribution in [0, 0.1) is 5.92 Å². The van der Waals surface area contributed by atoms with Crippen LogP contribution < -0.4 is 10.6 Å². The van der Waals surface area contributed by atoms with E-state index in [1.54, 1.807) is 0 Å². The number of carbonyl (C=O) groups is 3. The van der Waals surface area contributed by atoms with Gasteiger partial charge >= 0.3 is 5.97 Å². The Hall–Kier alpha value is -1.59. The van der Waals surface area contributed by atoms with E-state index in [9.17, 15) is 14.4 Å². The third-order valence-electron chi connectivity index (χ3n) is 1.99. The number of hydrogen-bond acceptors (Lipinski definition) is 3. The molecule has 6 heteroatoms. The summed E-state index contributed by atoms with van der Waals surface area (Å²) < 4.78 is 0. The number of aliphatic carboxylic acids is 1. The van der Waals surface area contributed by atoms with Crippen molar-refractivity contribution in [1.82, 2.24) is 10.6 Å². The van der Waals surface area contributed by atoms with Crippen molar-refractivity contribution in [2.75, 3.05) is 13.1 Å². The molecule has 2 amide bonds. The highest BCUT2D eigenvalue weighted by Gasteiger charge is 2.19. The van der Waals surface area contributed by atoms with E-state index in [-0.39, 0.29) is 18.9 Å². The Bertz CT molecular complexity index is 266. The molecule has 0 aromatic carbocycles. The largest absolute Gasteiger partial charge is 0.481 e. The van der Waals surface area contributed by atoms with Gasteiger partial charge in [-0.25, -0.2) is 0 Å². The van der Waals surface area contributed by atoms with Gasteiger partial charge in [-0.1, -0.05) is 6.92 Å². The molecule has 0 spiro atoms. The Morgan fingerprint density at radius 3 is 2.31 bits per heavy atom. The predicted octanol–water partition coefficient (Wildman–Crippen LogP) is -0.260. The van der Waals surface area contributed by atoms with Crippen molar-refractivity contribution in [1.29, 1.82) is 0 Å². The number of carbonyl (C=O) groups excluding carboxylic acids is 2. The first kappa shape index (κ1) is 14.4. The summed E-state index contributed by atoms with van der Waals surface area (Å²) in [6, 6.07) is 0. The normalized spacial score (nSPS) is 11.6. The van der Waals surface area contributed by atoms with E-state index in [0.717, 1.165) is 6.42 Å². The van der Waals surface area contributed by atoms with Crippen LogP contribution in [0.4, 0.5) is 0 Å². The van der Waals surface area contributed by atoms with Gasteiger partial charge < -0.3 is 15.7 Å². The van der Waals surface area contributed by atoms with Crippen molar-refractivity contribution in [3.8, 4) is 0 Å². The van der Waals surface area contributed by atoms with Gasteiger partial charge in [0.2, 0.25) is 11.8 Å². The molecule has 0 saturated carbocycles. The Kier molecular flexibility index (Phi) is 6.91. The van der Waals surface area contributed by atoms with Crippen molar-refractivity contribution >= 4 is 17.8 Å². The van der Waals surface area contributed by atoms with Crippen molar-refractivity contribution in [2.45, 2.75) is 26.7 Å². The lowest BCUT2D eigenvalue weighted by atomic mass is 10.2. The van der Waals surface area contributed by atoms with Crippen LogP contribution in [0.2, 0.25) is 0 Å². The standard InChI is InChI=1S/C10H18N2O4/c1-3-5-11-8(13)4-6-12-9(14)7(2)10(15)16/h7H,3-6H2,1-2H3,(H,11,13)(H,12,14)(H,15,16). The minimum Gasteiger partial charge on any atom is -0.481 e. The summed E-state index contributed by atoms with van der Waals surface area (Å²) in [5, 5.41) is 13.6. The average Bonchev–Trinajstić information content (AvgIpc) is 2.24. The molecule has 16 heavy (non-hydrogen) atoms. The summed E-state index contributed by atoms with van der Waals surface area (Å²) in [6.45, 7) is 4.01. The second kappa shape index (κ2) is 7.67. The molecule has 0 aromatic heterocycles. The molecule has 0 aliphatic rings. The summed E-state index contributed by atoms with van der Waals surface area (Å²) in [5.74, 6) is -2.98.